The summed E-state index contributed by atoms with van der Waals surface area (Å²) >= 11 is -2.20. The van der Waals surface area contributed by atoms with Gasteiger partial charge in [-0.1, -0.05) is 24.8 Å². The number of hydrogen-bond donors (Lipinski definition) is 2. The van der Waals surface area contributed by atoms with Crippen LogP contribution >= 0.6 is 0 Å². The number of benzene rings is 1. The summed E-state index contributed by atoms with van der Waals surface area (Å²) in [7, 11) is 0. The van der Waals surface area contributed by atoms with Crippen LogP contribution in [-0.2, 0) is 15.9 Å². The van der Waals surface area contributed by atoms with E-state index in [9.17, 15) is 9.00 Å². The fraction of sp³-hybridized carbons (Fsp3) is 0. The Bertz CT molecular complexity index is 411. The maximum absolute atomic E-state index is 10.8. The molecule has 14 heavy (non-hydrogen) atoms. The number of carbonyl (C=O) groups is 1. The number of carboxylic acid groups (broad SMARTS) is 1. The molecule has 0 aromatic heterocycles. The highest BCUT2D eigenvalue weighted by molar-refractivity contribution is 7.79. The third-order valence-electron chi connectivity index (χ3n) is 1.66. The molecule has 0 spiro atoms. The predicted octanol–water partition coefficient (Wildman–Crippen LogP) is 1.37. The van der Waals surface area contributed by atoms with Gasteiger partial charge in [-0.2, -0.15) is 0 Å². The Morgan fingerprint density at radius 1 is 1.36 bits per heavy atom. The minimum Gasteiger partial charge on any atom is -0.478 e. The largest absolute Gasteiger partial charge is 0.478 e. The fourth-order valence-electron chi connectivity index (χ4n) is 0.983. The molecule has 1 unspecified atom stereocenters. The van der Waals surface area contributed by atoms with Gasteiger partial charge < -0.3 is 9.66 Å². The molecule has 1 rings (SSSR count). The van der Waals surface area contributed by atoms with Crippen LogP contribution in [0.4, 0.5) is 0 Å². The van der Waals surface area contributed by atoms with Crippen molar-refractivity contribution < 1.29 is 18.7 Å². The maximum atomic E-state index is 10.8. The third kappa shape index (κ3) is 2.07. The first kappa shape index (κ1) is 10.6. The van der Waals surface area contributed by atoms with Gasteiger partial charge in [-0.25, -0.2) is 9.00 Å². The fourth-order valence-corrected chi connectivity index (χ4v) is 1.56. The van der Waals surface area contributed by atoms with Crippen LogP contribution in [0.3, 0.4) is 0 Å². The van der Waals surface area contributed by atoms with Crippen LogP contribution in [0.2, 0.25) is 0 Å². The van der Waals surface area contributed by atoms with Gasteiger partial charge in [-0.3, -0.25) is 0 Å². The van der Waals surface area contributed by atoms with Gasteiger partial charge in [0.25, 0.3) is 0 Å². The van der Waals surface area contributed by atoms with Crippen LogP contribution in [0.25, 0.3) is 5.57 Å². The van der Waals surface area contributed by atoms with Crippen LogP contribution in [0.1, 0.15) is 5.56 Å². The average Bonchev–Trinajstić information content (AvgIpc) is 2.16. The summed E-state index contributed by atoms with van der Waals surface area (Å²) in [6, 6.07) is 5.97. The van der Waals surface area contributed by atoms with Gasteiger partial charge in [0.15, 0.2) is 11.1 Å². The lowest BCUT2D eigenvalue weighted by molar-refractivity contribution is -0.130. The molecule has 0 saturated carbocycles. The van der Waals surface area contributed by atoms with Crippen LogP contribution < -0.4 is 0 Å². The summed E-state index contributed by atoms with van der Waals surface area (Å²) in [6.07, 6.45) is 0. The van der Waals surface area contributed by atoms with Gasteiger partial charge in [0, 0.05) is 5.56 Å². The van der Waals surface area contributed by atoms with E-state index in [0.29, 0.717) is 0 Å². The van der Waals surface area contributed by atoms with Crippen molar-refractivity contribution in [1.29, 1.82) is 0 Å². The molecule has 2 N–H and O–H groups in total. The molecule has 1 aromatic carbocycles. The van der Waals surface area contributed by atoms with Crippen molar-refractivity contribution in [2.24, 2.45) is 0 Å². The molecule has 0 amide bonds. The Balaban J connectivity index is 3.27. The Labute approximate surface area is 83.2 Å². The molecule has 0 aliphatic rings. The van der Waals surface area contributed by atoms with Gasteiger partial charge in [0.2, 0.25) is 0 Å². The molecule has 0 radical (unpaired) electrons. The van der Waals surface area contributed by atoms with Gasteiger partial charge in [0.05, 0.1) is 10.5 Å². The number of rotatable bonds is 3. The Hall–Kier alpha value is -1.46. The molecule has 0 heterocycles. The maximum Gasteiger partial charge on any atom is 0.335 e. The van der Waals surface area contributed by atoms with E-state index < -0.39 is 17.0 Å². The zero-order valence-electron chi connectivity index (χ0n) is 7.14. The van der Waals surface area contributed by atoms with Gasteiger partial charge >= 0.3 is 5.97 Å². The van der Waals surface area contributed by atoms with Crippen LogP contribution in [-0.4, -0.2) is 19.8 Å². The highest BCUT2D eigenvalue weighted by Gasteiger charge is 2.14. The summed E-state index contributed by atoms with van der Waals surface area (Å²) in [6.45, 7) is 3.32. The summed E-state index contributed by atoms with van der Waals surface area (Å²) < 4.78 is 19.7. The highest BCUT2D eigenvalue weighted by Crippen LogP contribution is 2.20. The molecule has 1 atom stereocenters. The molecule has 4 nitrogen and oxygen atoms in total. The zero-order chi connectivity index (χ0) is 10.7. The van der Waals surface area contributed by atoms with Crippen molar-refractivity contribution in [1.82, 2.24) is 0 Å². The lowest BCUT2D eigenvalue weighted by Crippen LogP contribution is -2.02. The van der Waals surface area contributed by atoms with Crippen LogP contribution in [0, 0.1) is 0 Å². The summed E-state index contributed by atoms with van der Waals surface area (Å²) in [5, 5.41) is 8.66. The van der Waals surface area contributed by atoms with E-state index in [1.807, 2.05) is 0 Å². The summed E-state index contributed by atoms with van der Waals surface area (Å²) in [5.41, 5.74) is -0.0103. The molecule has 0 aliphatic carbocycles. The zero-order valence-corrected chi connectivity index (χ0v) is 7.95. The smallest absolute Gasteiger partial charge is 0.335 e. The van der Waals surface area contributed by atoms with Gasteiger partial charge in [-0.05, 0) is 6.07 Å². The van der Waals surface area contributed by atoms with Crippen molar-refractivity contribution in [2.75, 3.05) is 0 Å². The van der Waals surface area contributed by atoms with Crippen molar-refractivity contribution in [3.63, 3.8) is 0 Å². The third-order valence-corrected chi connectivity index (χ3v) is 2.39. The van der Waals surface area contributed by atoms with Crippen molar-refractivity contribution in [3.05, 3.63) is 36.4 Å². The second-order valence-corrected chi connectivity index (χ2v) is 3.47. The Morgan fingerprint density at radius 3 is 2.43 bits per heavy atom. The van der Waals surface area contributed by atoms with E-state index in [4.69, 9.17) is 9.66 Å². The number of carboxylic acids is 1. The van der Waals surface area contributed by atoms with E-state index in [-0.39, 0.29) is 16.0 Å². The van der Waals surface area contributed by atoms with E-state index in [2.05, 4.69) is 6.58 Å². The van der Waals surface area contributed by atoms with E-state index >= 15 is 0 Å². The first-order valence-electron chi connectivity index (χ1n) is 3.66. The molecule has 0 saturated heterocycles. The van der Waals surface area contributed by atoms with Crippen molar-refractivity contribution in [2.45, 2.75) is 4.90 Å². The van der Waals surface area contributed by atoms with Crippen molar-refractivity contribution in [3.8, 4) is 0 Å². The topological polar surface area (TPSA) is 74.6 Å². The lowest BCUT2D eigenvalue weighted by Gasteiger charge is -2.04. The second kappa shape index (κ2) is 4.17. The highest BCUT2D eigenvalue weighted by atomic mass is 32.2. The van der Waals surface area contributed by atoms with Gasteiger partial charge in [0.1, 0.15) is 0 Å². The monoisotopic (exact) mass is 212 g/mol. The normalized spacial score (nSPS) is 12.1. The summed E-state index contributed by atoms with van der Waals surface area (Å²) in [5.74, 6) is -1.21. The number of aliphatic carboxylic acids is 1. The van der Waals surface area contributed by atoms with Crippen LogP contribution in [0.5, 0.6) is 0 Å². The van der Waals surface area contributed by atoms with Crippen molar-refractivity contribution >= 4 is 22.6 Å². The first-order chi connectivity index (χ1) is 6.54. The van der Waals surface area contributed by atoms with Gasteiger partial charge in [-0.15, -0.1) is 0 Å². The molecule has 0 fully saturated rings. The molecular formula is C9H8O4S. The lowest BCUT2D eigenvalue weighted by atomic mass is 10.1. The Kier molecular flexibility index (Phi) is 3.16. The molecule has 1 aromatic rings. The summed E-state index contributed by atoms with van der Waals surface area (Å²) in [4.78, 5) is 10.6. The Morgan fingerprint density at radius 2 is 1.93 bits per heavy atom. The quantitative estimate of drug-likeness (QED) is 0.586. The predicted molar refractivity (Wildman–Crippen MR) is 52.1 cm³/mol. The number of hydrogen-bond acceptors (Lipinski definition) is 2. The molecular weight excluding hydrogens is 204 g/mol. The van der Waals surface area contributed by atoms with E-state index in [0.717, 1.165) is 0 Å². The SMILES string of the molecule is C=C(C(=O)O)c1ccccc1S(=O)O. The second-order valence-electron chi connectivity index (χ2n) is 2.53. The average molecular weight is 212 g/mol. The van der Waals surface area contributed by atoms with Crippen LogP contribution in [0.15, 0.2) is 35.7 Å². The minimum absolute atomic E-state index is 0.0555. The molecule has 74 valence electrons. The standard InChI is InChI=1S/C9H8O4S/c1-6(9(10)11)7-4-2-3-5-8(7)14(12)13/h2-5H,1H2,(H,10,11)(H,12,13). The molecule has 5 heteroatoms. The molecule has 0 bridgehead atoms. The van der Waals surface area contributed by atoms with E-state index in [1.54, 1.807) is 12.1 Å². The van der Waals surface area contributed by atoms with E-state index in [1.165, 1.54) is 12.1 Å². The molecule has 0 aliphatic heterocycles. The minimum atomic E-state index is -2.20. The first-order valence-corrected chi connectivity index (χ1v) is 4.77.